The first-order valence-electron chi connectivity index (χ1n) is 8.77. The number of benzene rings is 1. The van der Waals surface area contributed by atoms with Gasteiger partial charge in [0.25, 0.3) is 0 Å². The van der Waals surface area contributed by atoms with Crippen molar-refractivity contribution in [2.75, 3.05) is 27.3 Å². The minimum Gasteiger partial charge on any atom is -0.493 e. The molecule has 2 aliphatic rings. The summed E-state index contributed by atoms with van der Waals surface area (Å²) in [6.45, 7) is 1.51. The number of hydrogen-bond donors (Lipinski definition) is 0. The van der Waals surface area contributed by atoms with E-state index in [1.165, 1.54) is 11.1 Å². The fourth-order valence-electron chi connectivity index (χ4n) is 3.79. The molecule has 132 valence electrons. The van der Waals surface area contributed by atoms with Crippen molar-refractivity contribution in [2.24, 2.45) is 5.92 Å². The summed E-state index contributed by atoms with van der Waals surface area (Å²) in [6, 6.07) is 7.95. The van der Waals surface area contributed by atoms with Crippen LogP contribution in [0.4, 0.5) is 0 Å². The van der Waals surface area contributed by atoms with Gasteiger partial charge in [-0.25, -0.2) is 0 Å². The van der Waals surface area contributed by atoms with Gasteiger partial charge in [-0.05, 0) is 54.7 Å². The van der Waals surface area contributed by atoms with Gasteiger partial charge in [0.05, 0.1) is 20.5 Å². The molecule has 0 spiro atoms. The summed E-state index contributed by atoms with van der Waals surface area (Å²) in [5.41, 5.74) is 2.48. The number of carbonyl (C=O) groups excluding carboxylic acids is 1. The van der Waals surface area contributed by atoms with E-state index < -0.39 is 0 Å². The lowest BCUT2D eigenvalue weighted by atomic mass is 10.0. The van der Waals surface area contributed by atoms with Crippen molar-refractivity contribution in [1.29, 1.82) is 0 Å². The summed E-state index contributed by atoms with van der Waals surface area (Å²) < 4.78 is 16.3. The Balaban J connectivity index is 1.46. The van der Waals surface area contributed by atoms with E-state index in [2.05, 4.69) is 0 Å². The highest BCUT2D eigenvalue weighted by Crippen LogP contribution is 2.48. The van der Waals surface area contributed by atoms with Gasteiger partial charge in [-0.15, -0.1) is 0 Å². The van der Waals surface area contributed by atoms with Crippen molar-refractivity contribution in [2.45, 2.75) is 25.2 Å². The predicted molar refractivity (Wildman–Crippen MR) is 93.1 cm³/mol. The smallest absolute Gasteiger partial charge is 0.226 e. The SMILES string of the molecule is COc1cc2c(cc1OC)CCN(C(=O)[C@H]1C[C@@H]1c1ccco1)CC2. The Morgan fingerprint density at radius 3 is 2.28 bits per heavy atom. The van der Waals surface area contributed by atoms with Crippen molar-refractivity contribution < 1.29 is 18.7 Å². The van der Waals surface area contributed by atoms with E-state index >= 15 is 0 Å². The van der Waals surface area contributed by atoms with Crippen molar-refractivity contribution in [3.8, 4) is 11.5 Å². The van der Waals surface area contributed by atoms with Crippen molar-refractivity contribution in [3.05, 3.63) is 47.4 Å². The van der Waals surface area contributed by atoms with Crippen LogP contribution in [0.1, 0.15) is 29.2 Å². The molecule has 2 heterocycles. The summed E-state index contributed by atoms with van der Waals surface area (Å²) >= 11 is 0. The lowest BCUT2D eigenvalue weighted by molar-refractivity contribution is -0.132. The summed E-state index contributed by atoms with van der Waals surface area (Å²) in [7, 11) is 3.30. The van der Waals surface area contributed by atoms with Gasteiger partial charge in [-0.1, -0.05) is 0 Å². The van der Waals surface area contributed by atoms with Gasteiger partial charge in [0.2, 0.25) is 5.91 Å². The first-order chi connectivity index (χ1) is 12.2. The molecular weight excluding hydrogens is 318 g/mol. The molecule has 0 radical (unpaired) electrons. The van der Waals surface area contributed by atoms with Crippen molar-refractivity contribution in [1.82, 2.24) is 4.90 Å². The van der Waals surface area contributed by atoms with Crippen LogP contribution >= 0.6 is 0 Å². The van der Waals surface area contributed by atoms with Gasteiger partial charge in [-0.2, -0.15) is 0 Å². The fraction of sp³-hybridized carbons (Fsp3) is 0.450. The average Bonchev–Trinajstić information content (AvgIpc) is 3.32. The fourth-order valence-corrected chi connectivity index (χ4v) is 3.79. The summed E-state index contributed by atoms with van der Waals surface area (Å²) in [5.74, 6) is 3.03. The normalized spacial score (nSPS) is 22.1. The maximum absolute atomic E-state index is 12.9. The molecule has 1 aliphatic carbocycles. The maximum Gasteiger partial charge on any atom is 0.226 e. The third-order valence-electron chi connectivity index (χ3n) is 5.34. The van der Waals surface area contributed by atoms with Gasteiger partial charge < -0.3 is 18.8 Å². The first kappa shape index (κ1) is 16.1. The highest BCUT2D eigenvalue weighted by atomic mass is 16.5. The molecule has 0 N–H and O–H groups in total. The van der Waals surface area contributed by atoms with Gasteiger partial charge in [0.15, 0.2) is 11.5 Å². The van der Waals surface area contributed by atoms with Crippen LogP contribution in [-0.4, -0.2) is 38.1 Å². The topological polar surface area (TPSA) is 51.9 Å². The van der Waals surface area contributed by atoms with E-state index in [9.17, 15) is 4.79 Å². The minimum absolute atomic E-state index is 0.0800. The Kier molecular flexibility index (Phi) is 4.15. The minimum atomic E-state index is 0.0800. The van der Waals surface area contributed by atoms with E-state index in [-0.39, 0.29) is 17.7 Å². The molecule has 25 heavy (non-hydrogen) atoms. The number of furan rings is 1. The number of nitrogens with zero attached hydrogens (tertiary/aromatic N) is 1. The van der Waals surface area contributed by atoms with Crippen molar-refractivity contribution >= 4 is 5.91 Å². The lowest BCUT2D eigenvalue weighted by Crippen LogP contribution is -2.34. The second kappa shape index (κ2) is 6.47. The summed E-state index contributed by atoms with van der Waals surface area (Å²) in [5, 5.41) is 0. The molecule has 2 aromatic rings. The number of amides is 1. The van der Waals surface area contributed by atoms with Crippen LogP contribution in [0, 0.1) is 5.92 Å². The molecule has 1 aromatic carbocycles. The quantitative estimate of drug-likeness (QED) is 0.858. The monoisotopic (exact) mass is 341 g/mol. The Labute approximate surface area is 147 Å². The first-order valence-corrected chi connectivity index (χ1v) is 8.77. The molecule has 0 saturated heterocycles. The molecule has 1 saturated carbocycles. The van der Waals surface area contributed by atoms with Gasteiger partial charge >= 0.3 is 0 Å². The van der Waals surface area contributed by atoms with E-state index in [4.69, 9.17) is 13.9 Å². The molecule has 0 bridgehead atoms. The largest absolute Gasteiger partial charge is 0.493 e. The van der Waals surface area contributed by atoms with E-state index in [1.807, 2.05) is 29.2 Å². The van der Waals surface area contributed by atoms with Gasteiger partial charge in [0, 0.05) is 24.9 Å². The van der Waals surface area contributed by atoms with Crippen LogP contribution in [0.25, 0.3) is 0 Å². The predicted octanol–water partition coefficient (Wildman–Crippen LogP) is 3.03. The van der Waals surface area contributed by atoms with E-state index in [0.29, 0.717) is 0 Å². The second-order valence-electron chi connectivity index (χ2n) is 6.77. The average molecular weight is 341 g/mol. The Hall–Kier alpha value is -2.43. The lowest BCUT2D eigenvalue weighted by Gasteiger charge is -2.20. The molecule has 5 heteroatoms. The zero-order chi connectivity index (χ0) is 17.4. The van der Waals surface area contributed by atoms with Crippen LogP contribution in [0.3, 0.4) is 0 Å². The van der Waals surface area contributed by atoms with Crippen LogP contribution in [0.5, 0.6) is 11.5 Å². The van der Waals surface area contributed by atoms with Gasteiger partial charge in [0.1, 0.15) is 5.76 Å². The molecule has 5 nitrogen and oxygen atoms in total. The summed E-state index contributed by atoms with van der Waals surface area (Å²) in [6.07, 6.45) is 4.27. The summed E-state index contributed by atoms with van der Waals surface area (Å²) in [4.78, 5) is 14.9. The molecule has 1 fully saturated rings. The zero-order valence-corrected chi connectivity index (χ0v) is 14.7. The molecule has 4 rings (SSSR count). The number of rotatable bonds is 4. The third kappa shape index (κ3) is 2.99. The van der Waals surface area contributed by atoms with Crippen LogP contribution in [0.2, 0.25) is 0 Å². The molecule has 1 aliphatic heterocycles. The zero-order valence-electron chi connectivity index (χ0n) is 14.7. The van der Waals surface area contributed by atoms with Crippen molar-refractivity contribution in [3.63, 3.8) is 0 Å². The molecule has 2 atom stereocenters. The molecular formula is C20H23NO4. The number of carbonyl (C=O) groups is 1. The number of ether oxygens (including phenoxy) is 2. The van der Waals surface area contributed by atoms with Crippen LogP contribution in [-0.2, 0) is 17.6 Å². The highest BCUT2D eigenvalue weighted by molar-refractivity contribution is 5.83. The molecule has 1 aromatic heterocycles. The van der Waals surface area contributed by atoms with Gasteiger partial charge in [-0.3, -0.25) is 4.79 Å². The Morgan fingerprint density at radius 1 is 1.12 bits per heavy atom. The standard InChI is InChI=1S/C20H23NO4/c1-23-18-10-13-5-7-21(8-6-14(13)11-19(18)24-2)20(22)16-12-15(16)17-4-3-9-25-17/h3-4,9-11,15-16H,5-8,12H2,1-2H3/t15-,16-/m0/s1. The van der Waals surface area contributed by atoms with Crippen LogP contribution in [0.15, 0.2) is 34.9 Å². The Morgan fingerprint density at radius 2 is 1.76 bits per heavy atom. The third-order valence-corrected chi connectivity index (χ3v) is 5.34. The number of hydrogen-bond acceptors (Lipinski definition) is 4. The maximum atomic E-state index is 12.9. The van der Waals surface area contributed by atoms with E-state index in [0.717, 1.165) is 49.6 Å². The molecule has 0 unspecified atom stereocenters. The Bertz CT molecular complexity index is 733. The number of methoxy groups -OCH3 is 2. The van der Waals surface area contributed by atoms with Crippen LogP contribution < -0.4 is 9.47 Å². The number of fused-ring (bicyclic) bond motifs is 1. The molecule has 1 amide bonds. The second-order valence-corrected chi connectivity index (χ2v) is 6.77. The highest BCUT2D eigenvalue weighted by Gasteiger charge is 2.47. The van der Waals surface area contributed by atoms with E-state index in [1.54, 1.807) is 20.5 Å².